The number of hydrogen-bond donors (Lipinski definition) is 0. The zero-order valence-electron chi connectivity index (χ0n) is 16.1. The number of hydrogen-bond acceptors (Lipinski definition) is 1. The molecule has 0 bridgehead atoms. The zero-order valence-corrected chi connectivity index (χ0v) is 16.1. The Labute approximate surface area is 162 Å². The Morgan fingerprint density at radius 2 is 1.52 bits per heavy atom. The smallest absolute Gasteiger partial charge is 0.150 e. The van der Waals surface area contributed by atoms with Gasteiger partial charge >= 0.3 is 0 Å². The van der Waals surface area contributed by atoms with E-state index in [1.807, 2.05) is 31.2 Å². The Kier molecular flexibility index (Phi) is 6.38. The summed E-state index contributed by atoms with van der Waals surface area (Å²) in [7, 11) is 0. The zero-order chi connectivity index (χ0) is 19.1. The average Bonchev–Trinajstić information content (AvgIpc) is 3.11. The molecule has 4 rings (SSSR count). The standard InChI is InChI=1S/C18H18.C8H8O/c1-14-6-2-3-7-16(14)11-10-15-12-17-8-4-5-9-18(17)13-15;1-7-2-4-8(6-9)5-3-7/h2-9,12H,10-11,13H2,1H3;2-6H,1H3. The Balaban J connectivity index is 0.000000197. The molecular formula is C26H26O. The molecule has 0 amide bonds. The normalized spacial score (nSPS) is 11.9. The highest BCUT2D eigenvalue weighted by molar-refractivity contribution is 5.74. The third-order valence-corrected chi connectivity index (χ3v) is 5.02. The molecule has 0 N–H and O–H groups in total. The molecule has 0 atom stereocenters. The first-order valence-electron chi connectivity index (χ1n) is 9.49. The minimum Gasteiger partial charge on any atom is -0.298 e. The van der Waals surface area contributed by atoms with Crippen LogP contribution in [0.5, 0.6) is 0 Å². The van der Waals surface area contributed by atoms with Crippen molar-refractivity contribution < 1.29 is 4.79 Å². The van der Waals surface area contributed by atoms with E-state index in [0.717, 1.165) is 24.7 Å². The molecule has 0 spiro atoms. The van der Waals surface area contributed by atoms with Crippen molar-refractivity contribution in [1.82, 2.24) is 0 Å². The highest BCUT2D eigenvalue weighted by Crippen LogP contribution is 2.27. The van der Waals surface area contributed by atoms with Crippen molar-refractivity contribution in [3.05, 3.63) is 112 Å². The van der Waals surface area contributed by atoms with Crippen molar-refractivity contribution in [2.75, 3.05) is 0 Å². The maximum Gasteiger partial charge on any atom is 0.150 e. The molecule has 3 aromatic rings. The topological polar surface area (TPSA) is 17.1 Å². The van der Waals surface area contributed by atoms with Crippen molar-refractivity contribution in [3.8, 4) is 0 Å². The Bertz CT molecular complexity index is 932. The van der Waals surface area contributed by atoms with E-state index >= 15 is 0 Å². The second kappa shape index (κ2) is 9.14. The van der Waals surface area contributed by atoms with Crippen LogP contribution in [0.15, 0.2) is 78.4 Å². The van der Waals surface area contributed by atoms with Crippen molar-refractivity contribution in [2.24, 2.45) is 0 Å². The molecule has 0 saturated carbocycles. The molecule has 1 aliphatic carbocycles. The minimum absolute atomic E-state index is 0.737. The predicted molar refractivity (Wildman–Crippen MR) is 114 cm³/mol. The molecule has 0 aromatic heterocycles. The summed E-state index contributed by atoms with van der Waals surface area (Å²) in [5.74, 6) is 0. The van der Waals surface area contributed by atoms with Gasteiger partial charge in [0.05, 0.1) is 0 Å². The lowest BCUT2D eigenvalue weighted by atomic mass is 10.00. The summed E-state index contributed by atoms with van der Waals surface area (Å²) in [6.45, 7) is 4.20. The number of aldehydes is 1. The average molecular weight is 354 g/mol. The molecule has 0 fully saturated rings. The van der Waals surface area contributed by atoms with Crippen molar-refractivity contribution in [3.63, 3.8) is 0 Å². The van der Waals surface area contributed by atoms with Gasteiger partial charge in [0.15, 0.2) is 0 Å². The number of allylic oxidation sites excluding steroid dienone is 1. The molecule has 1 heteroatoms. The summed E-state index contributed by atoms with van der Waals surface area (Å²) in [4.78, 5) is 10.1. The van der Waals surface area contributed by atoms with Crippen LogP contribution in [0.3, 0.4) is 0 Å². The summed E-state index contributed by atoms with van der Waals surface area (Å²) in [6.07, 6.45) is 6.70. The van der Waals surface area contributed by atoms with Gasteiger partial charge in [-0.05, 0) is 55.4 Å². The second-order valence-corrected chi connectivity index (χ2v) is 7.13. The van der Waals surface area contributed by atoms with Gasteiger partial charge in [-0.3, -0.25) is 4.79 Å². The fourth-order valence-electron chi connectivity index (χ4n) is 3.34. The lowest BCUT2D eigenvalue weighted by Crippen LogP contribution is -1.92. The summed E-state index contributed by atoms with van der Waals surface area (Å²) < 4.78 is 0. The third-order valence-electron chi connectivity index (χ3n) is 5.02. The fourth-order valence-corrected chi connectivity index (χ4v) is 3.34. The fraction of sp³-hybridized carbons (Fsp3) is 0.192. The first kappa shape index (κ1) is 18.8. The molecule has 136 valence electrons. The van der Waals surface area contributed by atoms with E-state index in [-0.39, 0.29) is 0 Å². The lowest BCUT2D eigenvalue weighted by molar-refractivity contribution is 0.112. The van der Waals surface area contributed by atoms with Gasteiger partial charge < -0.3 is 0 Å². The molecule has 0 heterocycles. The van der Waals surface area contributed by atoms with E-state index in [1.54, 1.807) is 5.57 Å². The van der Waals surface area contributed by atoms with Gasteiger partial charge in [-0.25, -0.2) is 0 Å². The molecule has 1 nitrogen and oxygen atoms in total. The van der Waals surface area contributed by atoms with Crippen LogP contribution in [0.25, 0.3) is 6.08 Å². The van der Waals surface area contributed by atoms with Crippen molar-refractivity contribution >= 4 is 12.4 Å². The monoisotopic (exact) mass is 354 g/mol. The van der Waals surface area contributed by atoms with E-state index in [4.69, 9.17) is 0 Å². The lowest BCUT2D eigenvalue weighted by Gasteiger charge is -2.06. The highest BCUT2D eigenvalue weighted by atomic mass is 16.1. The third kappa shape index (κ3) is 5.27. The predicted octanol–water partition coefficient (Wildman–Crippen LogP) is 6.37. The summed E-state index contributed by atoms with van der Waals surface area (Å²) in [6, 6.07) is 24.9. The van der Waals surface area contributed by atoms with E-state index in [1.165, 1.54) is 34.2 Å². The van der Waals surface area contributed by atoms with Crippen molar-refractivity contribution in [1.29, 1.82) is 0 Å². The van der Waals surface area contributed by atoms with Gasteiger partial charge in [-0.15, -0.1) is 0 Å². The first-order chi connectivity index (χ1) is 13.2. The van der Waals surface area contributed by atoms with E-state index in [0.29, 0.717) is 0 Å². The molecule has 3 aromatic carbocycles. The highest BCUT2D eigenvalue weighted by Gasteiger charge is 2.11. The first-order valence-corrected chi connectivity index (χ1v) is 9.49. The molecular weight excluding hydrogens is 328 g/mol. The molecule has 0 saturated heterocycles. The van der Waals surface area contributed by atoms with Crippen LogP contribution in [0, 0.1) is 13.8 Å². The molecule has 27 heavy (non-hydrogen) atoms. The number of benzene rings is 3. The van der Waals surface area contributed by atoms with Crippen LogP contribution in [0.1, 0.15) is 44.6 Å². The molecule has 0 aliphatic heterocycles. The van der Waals surface area contributed by atoms with Gasteiger partial charge in [0.25, 0.3) is 0 Å². The van der Waals surface area contributed by atoms with Crippen LogP contribution >= 0.6 is 0 Å². The maximum absolute atomic E-state index is 10.1. The Hall–Kier alpha value is -2.93. The van der Waals surface area contributed by atoms with Crippen LogP contribution < -0.4 is 0 Å². The second-order valence-electron chi connectivity index (χ2n) is 7.13. The summed E-state index contributed by atoms with van der Waals surface area (Å²) >= 11 is 0. The van der Waals surface area contributed by atoms with Crippen LogP contribution in [-0.4, -0.2) is 6.29 Å². The SMILES string of the molecule is Cc1ccc(C=O)cc1.Cc1ccccc1CCC1=Cc2ccccc2C1. The van der Waals surface area contributed by atoms with Gasteiger partial charge in [0, 0.05) is 5.56 Å². The van der Waals surface area contributed by atoms with Gasteiger partial charge in [-0.2, -0.15) is 0 Å². The summed E-state index contributed by atoms with van der Waals surface area (Å²) in [5, 5.41) is 0. The molecule has 0 unspecified atom stereocenters. The van der Waals surface area contributed by atoms with Crippen LogP contribution in [0.2, 0.25) is 0 Å². The van der Waals surface area contributed by atoms with E-state index < -0.39 is 0 Å². The van der Waals surface area contributed by atoms with Gasteiger partial charge in [0.1, 0.15) is 6.29 Å². The molecule has 1 aliphatic rings. The number of aryl methyl sites for hydroxylation is 3. The number of carbonyl (C=O) groups excluding carboxylic acids is 1. The van der Waals surface area contributed by atoms with E-state index in [9.17, 15) is 4.79 Å². The number of rotatable bonds is 4. The van der Waals surface area contributed by atoms with Crippen LogP contribution in [0.4, 0.5) is 0 Å². The molecule has 0 radical (unpaired) electrons. The van der Waals surface area contributed by atoms with Gasteiger partial charge in [0.2, 0.25) is 0 Å². The minimum atomic E-state index is 0.737. The number of fused-ring (bicyclic) bond motifs is 1. The summed E-state index contributed by atoms with van der Waals surface area (Å²) in [5.41, 5.74) is 9.28. The van der Waals surface area contributed by atoms with E-state index in [2.05, 4.69) is 61.5 Å². The van der Waals surface area contributed by atoms with Crippen molar-refractivity contribution in [2.45, 2.75) is 33.1 Å². The quantitative estimate of drug-likeness (QED) is 0.497. The van der Waals surface area contributed by atoms with Crippen LogP contribution in [-0.2, 0) is 12.8 Å². The van der Waals surface area contributed by atoms with Gasteiger partial charge in [-0.1, -0.05) is 90.0 Å². The largest absolute Gasteiger partial charge is 0.298 e. The Morgan fingerprint density at radius 1 is 0.815 bits per heavy atom. The maximum atomic E-state index is 10.1. The Morgan fingerprint density at radius 3 is 2.22 bits per heavy atom. The number of carbonyl (C=O) groups is 1.